The first-order valence-electron chi connectivity index (χ1n) is 8.89. The summed E-state index contributed by atoms with van der Waals surface area (Å²) in [7, 11) is -6.58. The van der Waals surface area contributed by atoms with Gasteiger partial charge in [-0.1, -0.05) is 29.8 Å². The molecule has 0 amide bonds. The van der Waals surface area contributed by atoms with Gasteiger partial charge in [-0.3, -0.25) is 9.44 Å². The Morgan fingerprint density at radius 3 is 2.35 bits per heavy atom. The summed E-state index contributed by atoms with van der Waals surface area (Å²) in [6.07, 6.45) is 1.35. The number of furan rings is 1. The predicted molar refractivity (Wildman–Crippen MR) is 117 cm³/mol. The largest absolute Gasteiger partial charge is 0.443 e. The Balaban J connectivity index is 1.70. The molecule has 9 nitrogen and oxygen atoms in total. The maximum absolute atomic E-state index is 12.9. The lowest BCUT2D eigenvalue weighted by atomic mass is 10.3. The number of sulfonamides is 2. The third kappa shape index (κ3) is 4.24. The number of imidazole rings is 1. The molecule has 4 rings (SSSR count). The smallest absolute Gasteiger partial charge is 0.295 e. The molecule has 0 saturated heterocycles. The van der Waals surface area contributed by atoms with Crippen LogP contribution in [0.15, 0.2) is 69.3 Å². The number of hydrogen-bond acceptors (Lipinski definition) is 6. The molecular formula is C19H17ClN4O5S2. The second-order valence-electron chi connectivity index (χ2n) is 6.74. The van der Waals surface area contributed by atoms with Gasteiger partial charge in [-0.2, -0.15) is 16.8 Å². The zero-order chi connectivity index (χ0) is 22.4. The summed E-state index contributed by atoms with van der Waals surface area (Å²) < 4.78 is 62.9. The number of para-hydroxylation sites is 1. The van der Waals surface area contributed by atoms with Gasteiger partial charge < -0.3 is 8.98 Å². The lowest BCUT2D eigenvalue weighted by molar-refractivity contribution is 0.484. The van der Waals surface area contributed by atoms with Crippen molar-refractivity contribution in [3.05, 3.63) is 65.6 Å². The van der Waals surface area contributed by atoms with Crippen molar-refractivity contribution in [1.29, 1.82) is 0 Å². The Hall–Kier alpha value is -3.02. The van der Waals surface area contributed by atoms with Crippen LogP contribution in [0.3, 0.4) is 0 Å². The Morgan fingerprint density at radius 1 is 0.968 bits per heavy atom. The summed E-state index contributed by atoms with van der Waals surface area (Å²) in [6, 6.07) is 12.3. The molecule has 2 heterocycles. The third-order valence-electron chi connectivity index (χ3n) is 4.50. The maximum Gasteiger partial charge on any atom is 0.295 e. The monoisotopic (exact) mass is 480 g/mol. The van der Waals surface area contributed by atoms with Gasteiger partial charge in [0.25, 0.3) is 20.0 Å². The predicted octanol–water partition coefficient (Wildman–Crippen LogP) is 3.73. The van der Waals surface area contributed by atoms with Crippen LogP contribution in [0.2, 0.25) is 5.02 Å². The van der Waals surface area contributed by atoms with Gasteiger partial charge in [0.2, 0.25) is 5.09 Å². The number of anilines is 2. The fourth-order valence-electron chi connectivity index (χ4n) is 2.83. The topological polar surface area (TPSA) is 123 Å². The second kappa shape index (κ2) is 7.59. The van der Waals surface area contributed by atoms with Crippen LogP contribution in [0.25, 0.3) is 11.0 Å². The molecule has 12 heteroatoms. The van der Waals surface area contributed by atoms with Crippen LogP contribution >= 0.6 is 11.6 Å². The number of hydrogen-bond donors (Lipinski definition) is 2. The average Bonchev–Trinajstić information content (AvgIpc) is 3.28. The minimum atomic E-state index is -4.17. The summed E-state index contributed by atoms with van der Waals surface area (Å²) in [4.78, 5) is 4.00. The quantitative estimate of drug-likeness (QED) is 0.433. The summed E-state index contributed by atoms with van der Waals surface area (Å²) in [5, 5.41) is 0.302. The zero-order valence-corrected chi connectivity index (χ0v) is 18.7. The van der Waals surface area contributed by atoms with E-state index in [-0.39, 0.29) is 26.5 Å². The van der Waals surface area contributed by atoms with Crippen LogP contribution < -0.4 is 9.44 Å². The van der Waals surface area contributed by atoms with E-state index in [1.54, 1.807) is 42.8 Å². The Kier molecular flexibility index (Phi) is 5.20. The molecule has 0 bridgehead atoms. The number of fused-ring (bicyclic) bond motifs is 1. The van der Waals surface area contributed by atoms with E-state index in [0.29, 0.717) is 16.8 Å². The van der Waals surface area contributed by atoms with Crippen molar-refractivity contribution in [3.63, 3.8) is 0 Å². The molecule has 4 aromatic rings. The molecule has 162 valence electrons. The van der Waals surface area contributed by atoms with Crippen LogP contribution in [0.5, 0.6) is 0 Å². The van der Waals surface area contributed by atoms with Crippen LogP contribution in [0.1, 0.15) is 5.82 Å². The highest BCUT2D eigenvalue weighted by Crippen LogP contribution is 2.31. The van der Waals surface area contributed by atoms with E-state index < -0.39 is 20.0 Å². The van der Waals surface area contributed by atoms with Gasteiger partial charge in [-0.25, -0.2) is 4.98 Å². The van der Waals surface area contributed by atoms with Crippen molar-refractivity contribution in [2.45, 2.75) is 17.0 Å². The SMILES string of the molecule is Cc1nc(S(=O)(=O)Nc2ccc(Cl)cc2NS(=O)(=O)c2cc3ccccc3o2)cn1C. The zero-order valence-electron chi connectivity index (χ0n) is 16.3. The van der Waals surface area contributed by atoms with Crippen molar-refractivity contribution in [3.8, 4) is 0 Å². The average molecular weight is 481 g/mol. The van der Waals surface area contributed by atoms with Crippen molar-refractivity contribution in [2.24, 2.45) is 7.05 Å². The van der Waals surface area contributed by atoms with Crippen LogP contribution in [-0.2, 0) is 27.1 Å². The van der Waals surface area contributed by atoms with E-state index in [9.17, 15) is 16.8 Å². The molecule has 0 atom stereocenters. The van der Waals surface area contributed by atoms with E-state index in [1.807, 2.05) is 0 Å². The van der Waals surface area contributed by atoms with Gasteiger partial charge in [0.1, 0.15) is 11.4 Å². The van der Waals surface area contributed by atoms with E-state index in [0.717, 1.165) is 0 Å². The first kappa shape index (κ1) is 21.2. The third-order valence-corrected chi connectivity index (χ3v) is 7.19. The highest BCUT2D eigenvalue weighted by atomic mass is 35.5. The number of aromatic nitrogens is 2. The van der Waals surface area contributed by atoms with Crippen molar-refractivity contribution in [1.82, 2.24) is 9.55 Å². The number of rotatable bonds is 6. The first-order chi connectivity index (χ1) is 14.5. The molecule has 0 unspecified atom stereocenters. The molecule has 0 spiro atoms. The van der Waals surface area contributed by atoms with Crippen molar-refractivity contribution < 1.29 is 21.3 Å². The van der Waals surface area contributed by atoms with Gasteiger partial charge >= 0.3 is 0 Å². The molecule has 0 radical (unpaired) electrons. The normalized spacial score (nSPS) is 12.2. The Bertz CT molecular complexity index is 1450. The van der Waals surface area contributed by atoms with Crippen LogP contribution in [-0.4, -0.2) is 26.4 Å². The fraction of sp³-hybridized carbons (Fsp3) is 0.105. The standard InChI is InChI=1S/C19H17ClN4O5S2/c1-12-21-18(11-24(12)2)30(25,26)22-15-8-7-14(20)10-16(15)23-31(27,28)19-9-13-5-3-4-6-17(13)29-19/h3-11,22-23H,1-2H3. The molecule has 2 aromatic carbocycles. The summed E-state index contributed by atoms with van der Waals surface area (Å²) in [6.45, 7) is 1.66. The van der Waals surface area contributed by atoms with Crippen LogP contribution in [0.4, 0.5) is 11.4 Å². The molecule has 0 aliphatic carbocycles. The molecule has 0 aliphatic rings. The number of nitrogens with one attached hydrogen (secondary N) is 2. The molecule has 2 aromatic heterocycles. The molecule has 0 fully saturated rings. The van der Waals surface area contributed by atoms with Crippen molar-refractivity contribution in [2.75, 3.05) is 9.44 Å². The van der Waals surface area contributed by atoms with E-state index in [4.69, 9.17) is 16.0 Å². The Labute approximate surface area is 183 Å². The van der Waals surface area contributed by atoms with Gasteiger partial charge in [-0.15, -0.1) is 0 Å². The van der Waals surface area contributed by atoms with E-state index in [2.05, 4.69) is 14.4 Å². The second-order valence-corrected chi connectivity index (χ2v) is 10.4. The first-order valence-corrected chi connectivity index (χ1v) is 12.2. The van der Waals surface area contributed by atoms with Gasteiger partial charge in [-0.05, 0) is 31.2 Å². The number of benzene rings is 2. The maximum atomic E-state index is 12.9. The lowest BCUT2D eigenvalue weighted by Crippen LogP contribution is -2.17. The van der Waals surface area contributed by atoms with Gasteiger partial charge in [0.15, 0.2) is 5.03 Å². The Morgan fingerprint density at radius 2 is 1.68 bits per heavy atom. The molecular weight excluding hydrogens is 464 g/mol. The summed E-state index contributed by atoms with van der Waals surface area (Å²) in [5.74, 6) is 0.502. The highest BCUT2D eigenvalue weighted by molar-refractivity contribution is 7.93. The van der Waals surface area contributed by atoms with Crippen LogP contribution in [0, 0.1) is 6.92 Å². The number of nitrogens with zero attached hydrogens (tertiary/aromatic N) is 2. The number of aryl methyl sites for hydroxylation is 2. The van der Waals surface area contributed by atoms with Crippen molar-refractivity contribution >= 4 is 54.0 Å². The fourth-order valence-corrected chi connectivity index (χ4v) is 5.16. The van der Waals surface area contributed by atoms with Gasteiger partial charge in [0, 0.05) is 29.7 Å². The number of halogens is 1. The lowest BCUT2D eigenvalue weighted by Gasteiger charge is -2.13. The minimum absolute atomic E-state index is 0.0209. The van der Waals surface area contributed by atoms with E-state index >= 15 is 0 Å². The molecule has 2 N–H and O–H groups in total. The molecule has 0 aliphatic heterocycles. The molecule has 0 saturated carbocycles. The summed E-state index contributed by atoms with van der Waals surface area (Å²) >= 11 is 6.02. The minimum Gasteiger partial charge on any atom is -0.443 e. The molecule has 31 heavy (non-hydrogen) atoms. The van der Waals surface area contributed by atoms with E-state index in [1.165, 1.54) is 30.5 Å². The summed E-state index contributed by atoms with van der Waals surface area (Å²) in [5.41, 5.74) is 0.317. The highest BCUT2D eigenvalue weighted by Gasteiger charge is 2.24. The van der Waals surface area contributed by atoms with Gasteiger partial charge in [0.05, 0.1) is 11.4 Å².